The van der Waals surface area contributed by atoms with E-state index in [-0.39, 0.29) is 22.9 Å². The molecule has 9 heteroatoms. The van der Waals surface area contributed by atoms with Crippen LogP contribution in [0.1, 0.15) is 24.4 Å². The molecule has 3 aromatic carbocycles. The SMILES string of the molecule is CC(Nc1nc(N)ncc1C#N)c1nc2cccc(-c3cccc(N(C)C)c3)c2c(=O)n1-c1ccccc1. The molecule has 0 saturated heterocycles. The Morgan fingerprint density at radius 3 is 2.53 bits per heavy atom. The molecule has 1 atom stereocenters. The van der Waals surface area contributed by atoms with Crippen LogP contribution in [-0.2, 0) is 0 Å². The van der Waals surface area contributed by atoms with Crippen molar-refractivity contribution in [1.29, 1.82) is 5.26 Å². The molecule has 0 aliphatic rings. The van der Waals surface area contributed by atoms with Crippen molar-refractivity contribution in [3.63, 3.8) is 0 Å². The number of nitrogens with zero attached hydrogens (tertiary/aromatic N) is 6. The van der Waals surface area contributed by atoms with Gasteiger partial charge in [0.1, 0.15) is 23.3 Å². The zero-order valence-corrected chi connectivity index (χ0v) is 21.3. The third-order valence-corrected chi connectivity index (χ3v) is 6.28. The van der Waals surface area contributed by atoms with Crippen LogP contribution >= 0.6 is 0 Å². The highest BCUT2D eigenvalue weighted by atomic mass is 16.1. The number of nitriles is 1. The van der Waals surface area contributed by atoms with E-state index in [1.807, 2.05) is 92.6 Å². The molecule has 188 valence electrons. The van der Waals surface area contributed by atoms with Gasteiger partial charge in [0.25, 0.3) is 5.56 Å². The van der Waals surface area contributed by atoms with Crippen molar-refractivity contribution < 1.29 is 0 Å². The predicted octanol–water partition coefficient (Wildman–Crippen LogP) is 4.54. The van der Waals surface area contributed by atoms with Gasteiger partial charge in [0, 0.05) is 19.8 Å². The van der Waals surface area contributed by atoms with Crippen LogP contribution in [0.15, 0.2) is 83.8 Å². The van der Waals surface area contributed by atoms with E-state index < -0.39 is 6.04 Å². The van der Waals surface area contributed by atoms with Gasteiger partial charge in [-0.05, 0) is 48.4 Å². The number of hydrogen-bond donors (Lipinski definition) is 2. The Hall–Kier alpha value is -5.23. The molecule has 2 heterocycles. The fourth-order valence-electron chi connectivity index (χ4n) is 4.41. The van der Waals surface area contributed by atoms with E-state index in [2.05, 4.69) is 27.4 Å². The number of benzene rings is 3. The molecule has 0 saturated carbocycles. The van der Waals surface area contributed by atoms with Gasteiger partial charge in [-0.25, -0.2) is 9.97 Å². The Morgan fingerprint density at radius 2 is 1.79 bits per heavy atom. The Morgan fingerprint density at radius 1 is 1.03 bits per heavy atom. The number of aromatic nitrogens is 4. The molecule has 0 aliphatic carbocycles. The van der Waals surface area contributed by atoms with E-state index in [4.69, 9.17) is 10.7 Å². The van der Waals surface area contributed by atoms with E-state index in [1.165, 1.54) is 6.20 Å². The minimum absolute atomic E-state index is 0.0372. The summed E-state index contributed by atoms with van der Waals surface area (Å²) in [6.07, 6.45) is 1.36. The standard InChI is InChI=1S/C29H26N8O/c1-18(33-26-20(16-30)17-32-29(31)35-26)27-34-24-14-8-13-23(19-9-7-12-22(15-19)36(2)3)25(24)28(38)37(27)21-10-5-4-6-11-21/h4-15,17-18H,1-3H3,(H3,31,32,33,35). The summed E-state index contributed by atoms with van der Waals surface area (Å²) in [6.45, 7) is 1.86. The van der Waals surface area contributed by atoms with E-state index >= 15 is 0 Å². The molecule has 0 radical (unpaired) electrons. The molecule has 1 unspecified atom stereocenters. The molecular weight excluding hydrogens is 476 g/mol. The number of nitrogen functional groups attached to an aromatic ring is 1. The summed E-state index contributed by atoms with van der Waals surface area (Å²) in [6, 6.07) is 24.7. The third-order valence-electron chi connectivity index (χ3n) is 6.28. The van der Waals surface area contributed by atoms with Crippen molar-refractivity contribution in [2.75, 3.05) is 30.0 Å². The maximum atomic E-state index is 14.3. The molecule has 0 bridgehead atoms. The molecule has 5 aromatic rings. The normalized spacial score (nSPS) is 11.6. The van der Waals surface area contributed by atoms with Crippen molar-refractivity contribution in [1.82, 2.24) is 19.5 Å². The van der Waals surface area contributed by atoms with Crippen LogP contribution in [0.5, 0.6) is 0 Å². The highest BCUT2D eigenvalue weighted by Crippen LogP contribution is 2.30. The average molecular weight is 503 g/mol. The van der Waals surface area contributed by atoms with E-state index in [0.717, 1.165) is 16.8 Å². The van der Waals surface area contributed by atoms with Gasteiger partial charge in [-0.2, -0.15) is 10.2 Å². The second kappa shape index (κ2) is 10.0. The third kappa shape index (κ3) is 4.51. The smallest absolute Gasteiger partial charge is 0.266 e. The summed E-state index contributed by atoms with van der Waals surface area (Å²) in [7, 11) is 3.96. The molecule has 2 aromatic heterocycles. The molecule has 0 amide bonds. The van der Waals surface area contributed by atoms with Crippen molar-refractivity contribution in [3.8, 4) is 22.9 Å². The monoisotopic (exact) mass is 502 g/mol. The summed E-state index contributed by atoms with van der Waals surface area (Å²) in [5.74, 6) is 0.778. The van der Waals surface area contributed by atoms with Gasteiger partial charge in [-0.3, -0.25) is 9.36 Å². The number of fused-ring (bicyclic) bond motifs is 1. The lowest BCUT2D eigenvalue weighted by atomic mass is 10.00. The lowest BCUT2D eigenvalue weighted by Crippen LogP contribution is -2.28. The number of nitrogens with two attached hydrogens (primary N) is 1. The summed E-state index contributed by atoms with van der Waals surface area (Å²) in [5.41, 5.74) is 9.82. The van der Waals surface area contributed by atoms with Gasteiger partial charge in [-0.15, -0.1) is 0 Å². The summed E-state index contributed by atoms with van der Waals surface area (Å²) >= 11 is 0. The molecule has 9 nitrogen and oxygen atoms in total. The lowest BCUT2D eigenvalue weighted by molar-refractivity contribution is 0.731. The molecule has 5 rings (SSSR count). The van der Waals surface area contributed by atoms with Crippen LogP contribution < -0.4 is 21.5 Å². The van der Waals surface area contributed by atoms with E-state index in [0.29, 0.717) is 22.4 Å². The summed E-state index contributed by atoms with van der Waals surface area (Å²) < 4.78 is 1.61. The fourth-order valence-corrected chi connectivity index (χ4v) is 4.41. The van der Waals surface area contributed by atoms with Crippen molar-refractivity contribution in [2.24, 2.45) is 0 Å². The van der Waals surface area contributed by atoms with Crippen molar-refractivity contribution in [2.45, 2.75) is 13.0 Å². The quantitative estimate of drug-likeness (QED) is 0.347. The number of rotatable bonds is 6. The van der Waals surface area contributed by atoms with Gasteiger partial charge in [0.15, 0.2) is 0 Å². The molecule has 0 spiro atoms. The van der Waals surface area contributed by atoms with Crippen LogP contribution in [0.3, 0.4) is 0 Å². The largest absolute Gasteiger partial charge is 0.378 e. The Bertz CT molecular complexity index is 1740. The van der Waals surface area contributed by atoms with Gasteiger partial charge in [-0.1, -0.05) is 42.5 Å². The average Bonchev–Trinajstić information content (AvgIpc) is 2.93. The minimum Gasteiger partial charge on any atom is -0.378 e. The van der Waals surface area contributed by atoms with E-state index in [1.54, 1.807) is 4.57 Å². The first-order valence-corrected chi connectivity index (χ1v) is 12.1. The zero-order valence-electron chi connectivity index (χ0n) is 21.3. The Kier molecular flexibility index (Phi) is 6.46. The van der Waals surface area contributed by atoms with Crippen molar-refractivity contribution in [3.05, 3.63) is 101 Å². The first-order valence-electron chi connectivity index (χ1n) is 12.1. The molecule has 38 heavy (non-hydrogen) atoms. The lowest BCUT2D eigenvalue weighted by Gasteiger charge is -2.21. The maximum Gasteiger partial charge on any atom is 0.266 e. The maximum absolute atomic E-state index is 14.3. The summed E-state index contributed by atoms with van der Waals surface area (Å²) in [4.78, 5) is 29.4. The first-order chi connectivity index (χ1) is 18.4. The predicted molar refractivity (Wildman–Crippen MR) is 150 cm³/mol. The van der Waals surface area contributed by atoms with Crippen LogP contribution in [0, 0.1) is 11.3 Å². The van der Waals surface area contributed by atoms with Gasteiger partial charge in [0.2, 0.25) is 5.95 Å². The van der Waals surface area contributed by atoms with Crippen LogP contribution in [0.4, 0.5) is 17.5 Å². The molecule has 0 aliphatic heterocycles. The van der Waals surface area contributed by atoms with Gasteiger partial charge < -0.3 is 16.0 Å². The molecular formula is C29H26N8O. The Balaban J connectivity index is 1.74. The van der Waals surface area contributed by atoms with Crippen molar-refractivity contribution >= 4 is 28.4 Å². The fraction of sp³-hybridized carbons (Fsp3) is 0.138. The number of anilines is 3. The second-order valence-corrected chi connectivity index (χ2v) is 9.06. The summed E-state index contributed by atoms with van der Waals surface area (Å²) in [5, 5.41) is 13.2. The zero-order chi connectivity index (χ0) is 26.8. The van der Waals surface area contributed by atoms with Gasteiger partial charge in [0.05, 0.1) is 28.8 Å². The highest BCUT2D eigenvalue weighted by Gasteiger charge is 2.21. The Labute approximate surface area is 219 Å². The number of para-hydroxylation sites is 1. The molecule has 0 fully saturated rings. The first kappa shape index (κ1) is 24.5. The van der Waals surface area contributed by atoms with E-state index in [9.17, 15) is 10.1 Å². The number of hydrogen-bond acceptors (Lipinski definition) is 8. The molecule has 3 N–H and O–H groups in total. The second-order valence-electron chi connectivity index (χ2n) is 9.06. The van der Waals surface area contributed by atoms with Gasteiger partial charge >= 0.3 is 0 Å². The number of nitrogens with one attached hydrogen (secondary N) is 1. The highest BCUT2D eigenvalue weighted by molar-refractivity contribution is 5.94. The van der Waals surface area contributed by atoms with Crippen LogP contribution in [0.25, 0.3) is 27.7 Å². The topological polar surface area (TPSA) is 126 Å². The van der Waals surface area contributed by atoms with Crippen LogP contribution in [-0.4, -0.2) is 33.6 Å². The minimum atomic E-state index is -0.505. The van der Waals surface area contributed by atoms with Crippen LogP contribution in [0.2, 0.25) is 0 Å².